The predicted octanol–water partition coefficient (Wildman–Crippen LogP) is -0.251. The van der Waals surface area contributed by atoms with Crippen molar-refractivity contribution in [3.63, 3.8) is 0 Å². The van der Waals surface area contributed by atoms with E-state index in [2.05, 4.69) is 23.3 Å². The number of thiol groups is 1. The maximum Gasteiger partial charge on any atom is 0.322 e. The van der Waals surface area contributed by atoms with Gasteiger partial charge in [-0.1, -0.05) is 17.7 Å². The molecule has 14 heteroatoms. The fraction of sp³-hybridized carbons (Fsp3) is 0.375. The molecule has 164 valence electrons. The number of halogens is 1. The van der Waals surface area contributed by atoms with Gasteiger partial charge in [0.15, 0.2) is 0 Å². The summed E-state index contributed by atoms with van der Waals surface area (Å²) < 4.78 is 0. The topological polar surface area (TPSA) is 202 Å². The number of amides is 2. The SMILES string of the molecule is NC(C(=O)O)C(CC(=O)NC(CS)C(=O)NCC(=O)O)c1ccc([N+](=O)[O-])cc1Cl. The van der Waals surface area contributed by atoms with Crippen molar-refractivity contribution in [2.75, 3.05) is 12.3 Å². The third-order valence-corrected chi connectivity index (χ3v) is 4.66. The molecule has 0 bridgehead atoms. The van der Waals surface area contributed by atoms with Crippen LogP contribution in [0.2, 0.25) is 5.02 Å². The minimum absolute atomic E-state index is 0.102. The van der Waals surface area contributed by atoms with Crippen LogP contribution in [0.5, 0.6) is 0 Å². The molecule has 30 heavy (non-hydrogen) atoms. The number of nitro groups is 1. The Morgan fingerprint density at radius 2 is 1.90 bits per heavy atom. The van der Waals surface area contributed by atoms with E-state index in [1.165, 1.54) is 6.07 Å². The number of nitrogens with zero attached hydrogens (tertiary/aromatic N) is 1. The maximum absolute atomic E-state index is 12.4. The van der Waals surface area contributed by atoms with Crippen LogP contribution in [0.1, 0.15) is 17.9 Å². The molecule has 0 spiro atoms. The molecule has 0 radical (unpaired) electrons. The molecule has 3 unspecified atom stereocenters. The zero-order valence-electron chi connectivity index (χ0n) is 15.3. The summed E-state index contributed by atoms with van der Waals surface area (Å²) in [4.78, 5) is 56.4. The van der Waals surface area contributed by atoms with E-state index in [0.717, 1.165) is 12.1 Å². The Balaban J connectivity index is 3.04. The van der Waals surface area contributed by atoms with Gasteiger partial charge in [0, 0.05) is 30.2 Å². The number of rotatable bonds is 11. The maximum atomic E-state index is 12.4. The number of carboxylic acids is 2. The van der Waals surface area contributed by atoms with E-state index in [1.807, 2.05) is 0 Å². The number of carbonyl (C=O) groups is 4. The molecule has 6 N–H and O–H groups in total. The second-order valence-corrected chi connectivity index (χ2v) is 6.82. The molecule has 12 nitrogen and oxygen atoms in total. The number of hydrogen-bond donors (Lipinski definition) is 6. The minimum Gasteiger partial charge on any atom is -0.480 e. The lowest BCUT2D eigenvalue weighted by molar-refractivity contribution is -0.384. The number of benzene rings is 1. The Morgan fingerprint density at radius 1 is 1.27 bits per heavy atom. The molecule has 0 saturated heterocycles. The van der Waals surface area contributed by atoms with Gasteiger partial charge in [-0.15, -0.1) is 0 Å². The second-order valence-electron chi connectivity index (χ2n) is 6.05. The number of aliphatic carboxylic acids is 2. The van der Waals surface area contributed by atoms with Crippen LogP contribution in [0, 0.1) is 10.1 Å². The van der Waals surface area contributed by atoms with Gasteiger partial charge in [-0.2, -0.15) is 12.6 Å². The fourth-order valence-electron chi connectivity index (χ4n) is 2.47. The molecule has 1 aromatic rings. The van der Waals surface area contributed by atoms with E-state index in [9.17, 15) is 34.4 Å². The molecule has 2 amide bonds. The molecule has 0 aliphatic carbocycles. The Kier molecular flexibility index (Phi) is 9.49. The zero-order chi connectivity index (χ0) is 23.0. The van der Waals surface area contributed by atoms with Crippen molar-refractivity contribution in [3.05, 3.63) is 38.9 Å². The Hall–Kier alpha value is -2.90. The molecule has 0 aliphatic heterocycles. The normalized spacial score (nSPS) is 13.6. The van der Waals surface area contributed by atoms with Gasteiger partial charge in [0.25, 0.3) is 5.69 Å². The summed E-state index contributed by atoms with van der Waals surface area (Å²) in [5.74, 6) is -5.63. The number of carboxylic acid groups (broad SMARTS) is 2. The number of hydrogen-bond acceptors (Lipinski definition) is 8. The number of nitro benzene ring substituents is 1. The first-order chi connectivity index (χ1) is 14.0. The van der Waals surface area contributed by atoms with Gasteiger partial charge in [0.05, 0.1) is 9.95 Å². The van der Waals surface area contributed by atoms with Gasteiger partial charge >= 0.3 is 11.9 Å². The number of nitrogens with two attached hydrogens (primary N) is 1. The van der Waals surface area contributed by atoms with Gasteiger partial charge in [-0.3, -0.25) is 29.3 Å². The molecule has 0 fully saturated rings. The van der Waals surface area contributed by atoms with Crippen LogP contribution in [0.4, 0.5) is 5.69 Å². The molecule has 0 aliphatic rings. The van der Waals surface area contributed by atoms with Crippen molar-refractivity contribution < 1.29 is 34.3 Å². The van der Waals surface area contributed by atoms with Crippen LogP contribution in [-0.2, 0) is 19.2 Å². The molecule has 1 aromatic carbocycles. The van der Waals surface area contributed by atoms with E-state index in [1.54, 1.807) is 0 Å². The Bertz CT molecular complexity index is 853. The van der Waals surface area contributed by atoms with E-state index < -0.39 is 59.6 Å². The lowest BCUT2D eigenvalue weighted by atomic mass is 9.88. The lowest BCUT2D eigenvalue weighted by Gasteiger charge is -2.23. The molecule has 0 aromatic heterocycles. The standard InChI is InChI=1S/C16H19ClN4O8S/c17-10-3-7(21(28)29)1-2-8(10)9(14(18)16(26)27)4-12(22)20-11(6-30)15(25)19-5-13(23)24/h1-3,9,11,14,30H,4-6,18H2,(H,19,25)(H,20,22)(H,23,24)(H,26,27). The van der Waals surface area contributed by atoms with Crippen molar-refractivity contribution in [1.29, 1.82) is 0 Å². The van der Waals surface area contributed by atoms with Gasteiger partial charge < -0.3 is 26.6 Å². The van der Waals surface area contributed by atoms with Crippen molar-refractivity contribution >= 4 is 53.7 Å². The first-order valence-electron chi connectivity index (χ1n) is 8.29. The number of carbonyl (C=O) groups excluding carboxylic acids is 2. The highest BCUT2D eigenvalue weighted by atomic mass is 35.5. The van der Waals surface area contributed by atoms with Gasteiger partial charge in [0.1, 0.15) is 18.6 Å². The molecular weight excluding hydrogens is 444 g/mol. The molecular formula is C16H19ClN4O8S. The molecule has 3 atom stereocenters. The monoisotopic (exact) mass is 462 g/mol. The van der Waals surface area contributed by atoms with Crippen LogP contribution in [0.15, 0.2) is 18.2 Å². The Morgan fingerprint density at radius 3 is 2.37 bits per heavy atom. The highest BCUT2D eigenvalue weighted by molar-refractivity contribution is 7.80. The highest BCUT2D eigenvalue weighted by Gasteiger charge is 2.31. The molecule has 0 saturated carbocycles. The second kappa shape index (κ2) is 11.3. The summed E-state index contributed by atoms with van der Waals surface area (Å²) in [6, 6.07) is 0.541. The average Bonchev–Trinajstić information content (AvgIpc) is 2.67. The van der Waals surface area contributed by atoms with E-state index in [0.29, 0.717) is 0 Å². The van der Waals surface area contributed by atoms with E-state index >= 15 is 0 Å². The summed E-state index contributed by atoms with van der Waals surface area (Å²) in [6.45, 7) is -0.663. The van der Waals surface area contributed by atoms with E-state index in [4.69, 9.17) is 22.4 Å². The zero-order valence-corrected chi connectivity index (χ0v) is 16.9. The van der Waals surface area contributed by atoms with Crippen molar-refractivity contribution in [2.24, 2.45) is 5.73 Å². The molecule has 0 heterocycles. The highest BCUT2D eigenvalue weighted by Crippen LogP contribution is 2.32. The summed E-state index contributed by atoms with van der Waals surface area (Å²) in [6.07, 6.45) is -0.512. The van der Waals surface area contributed by atoms with Gasteiger partial charge in [0.2, 0.25) is 11.8 Å². The quantitative estimate of drug-likeness (QED) is 0.145. The van der Waals surface area contributed by atoms with Crippen LogP contribution in [-0.4, -0.2) is 63.3 Å². The van der Waals surface area contributed by atoms with Crippen LogP contribution >= 0.6 is 24.2 Å². The first kappa shape index (κ1) is 25.1. The summed E-state index contributed by atoms with van der Waals surface area (Å²) in [5.41, 5.74) is 5.45. The largest absolute Gasteiger partial charge is 0.480 e. The summed E-state index contributed by atoms with van der Waals surface area (Å²) in [5, 5.41) is 32.9. The smallest absolute Gasteiger partial charge is 0.322 e. The van der Waals surface area contributed by atoms with Crippen molar-refractivity contribution in [2.45, 2.75) is 24.4 Å². The Labute approximate surface area is 180 Å². The van der Waals surface area contributed by atoms with Crippen LogP contribution in [0.25, 0.3) is 0 Å². The minimum atomic E-state index is -1.58. The predicted molar refractivity (Wildman–Crippen MR) is 108 cm³/mol. The third kappa shape index (κ3) is 7.17. The number of nitrogens with one attached hydrogen (secondary N) is 2. The summed E-state index contributed by atoms with van der Waals surface area (Å²) in [7, 11) is 0. The van der Waals surface area contributed by atoms with Gasteiger partial charge in [-0.05, 0) is 5.56 Å². The average molecular weight is 463 g/mol. The summed E-state index contributed by atoms with van der Waals surface area (Å²) >= 11 is 9.97. The fourth-order valence-corrected chi connectivity index (χ4v) is 3.04. The van der Waals surface area contributed by atoms with Crippen LogP contribution < -0.4 is 16.4 Å². The van der Waals surface area contributed by atoms with Crippen LogP contribution in [0.3, 0.4) is 0 Å². The van der Waals surface area contributed by atoms with Gasteiger partial charge in [-0.25, -0.2) is 0 Å². The first-order valence-corrected chi connectivity index (χ1v) is 9.30. The van der Waals surface area contributed by atoms with Crippen molar-refractivity contribution in [3.8, 4) is 0 Å². The number of non-ortho nitro benzene ring substituents is 1. The lowest BCUT2D eigenvalue weighted by Crippen LogP contribution is -2.50. The molecule has 1 rings (SSSR count). The third-order valence-electron chi connectivity index (χ3n) is 3.97. The van der Waals surface area contributed by atoms with E-state index in [-0.39, 0.29) is 22.0 Å². The van der Waals surface area contributed by atoms with Crippen molar-refractivity contribution in [1.82, 2.24) is 10.6 Å².